The molecule has 0 spiro atoms. The lowest BCUT2D eigenvalue weighted by Gasteiger charge is -1.83. The van der Waals surface area contributed by atoms with Gasteiger partial charge in [0.15, 0.2) is 0 Å². The van der Waals surface area contributed by atoms with Gasteiger partial charge in [-0.1, -0.05) is 12.2 Å². The van der Waals surface area contributed by atoms with Crippen LogP contribution in [0.4, 0.5) is 0 Å². The van der Waals surface area contributed by atoms with Crippen molar-refractivity contribution in [3.05, 3.63) is 0 Å². The molecule has 0 radical (unpaired) electrons. The minimum atomic E-state index is 0.113. The van der Waals surface area contributed by atoms with E-state index in [2.05, 4.69) is 30.2 Å². The van der Waals surface area contributed by atoms with Crippen molar-refractivity contribution in [1.82, 2.24) is 5.32 Å². The van der Waals surface area contributed by atoms with Crippen LogP contribution in [0.5, 0.6) is 0 Å². The molecule has 0 atom stereocenters. The smallest absolute Gasteiger partial charge is 0.130 e. The summed E-state index contributed by atoms with van der Waals surface area (Å²) in [6.07, 6.45) is 0. The van der Waals surface area contributed by atoms with Crippen LogP contribution < -0.4 is 5.32 Å². The third-order valence-corrected chi connectivity index (χ3v) is 0.454. The van der Waals surface area contributed by atoms with Crippen LogP contribution in [0.2, 0.25) is 0 Å². The monoisotopic (exact) mass is 108 g/mol. The Morgan fingerprint density at radius 3 is 3.00 bits per heavy atom. The Bertz CT molecular complexity index is 55.5. The Kier molecular flexibility index (Phi) is 1.70. The average molecular weight is 108 g/mol. The maximum atomic E-state index is 6.49. The number of rotatable bonds is 0. The summed E-state index contributed by atoms with van der Waals surface area (Å²) in [5.41, 5.74) is 0. The van der Waals surface area contributed by atoms with Crippen molar-refractivity contribution in [3.63, 3.8) is 0 Å². The first kappa shape index (κ1) is 3.43. The van der Waals surface area contributed by atoms with E-state index in [4.69, 9.17) is 1.37 Å². The molecule has 0 saturated heterocycles. The van der Waals surface area contributed by atoms with Crippen LogP contribution in [-0.4, -0.2) is 11.3 Å². The summed E-state index contributed by atoms with van der Waals surface area (Å²) >= 11 is 8.11. The molecule has 0 aliphatic rings. The fraction of sp³-hybridized carbons (Fsp3) is 0.500. The quantitative estimate of drug-likeness (QED) is 0.344. The predicted molar refractivity (Wildman–Crippen MR) is 30.6 cm³/mol. The summed E-state index contributed by atoms with van der Waals surface area (Å²) in [6, 6.07) is 0. The Morgan fingerprint density at radius 2 is 3.00 bits per heavy atom. The Morgan fingerprint density at radius 1 is 2.40 bits per heavy atom. The van der Waals surface area contributed by atoms with Crippen LogP contribution in [0.3, 0.4) is 0 Å². The van der Waals surface area contributed by atoms with Crippen LogP contribution in [0.1, 0.15) is 1.37 Å². The number of hydrogen-bond acceptors (Lipinski definition) is 1. The molecule has 1 N–H and O–H groups in total. The second-order valence-electron chi connectivity index (χ2n) is 0.482. The minimum Gasteiger partial charge on any atom is -0.374 e. The summed E-state index contributed by atoms with van der Waals surface area (Å²) in [4.78, 5) is 0. The molecule has 0 heterocycles. The molecule has 0 fully saturated rings. The maximum absolute atomic E-state index is 6.49. The molecule has 30 valence electrons. The molecule has 0 unspecified atom stereocenters. The fourth-order valence-corrected chi connectivity index (χ4v) is 0. The standard InChI is InChI=1S/C2H5NS2/c1-3-2(4)5/h1H3,(H2,3,4,5)/i1D. The molecule has 0 amide bonds. The molecule has 5 heavy (non-hydrogen) atoms. The van der Waals surface area contributed by atoms with Crippen LogP contribution in [0, 0.1) is 0 Å². The van der Waals surface area contributed by atoms with Crippen molar-refractivity contribution in [2.75, 3.05) is 7.02 Å². The Hall–Kier alpha value is 0.240. The molecule has 0 saturated carbocycles. The summed E-state index contributed by atoms with van der Waals surface area (Å²) in [7, 11) is 0.113. The van der Waals surface area contributed by atoms with E-state index in [9.17, 15) is 0 Å². The fourth-order valence-electron chi connectivity index (χ4n) is 0. The SMILES string of the molecule is [2H]CNC(=S)S. The average Bonchev–Trinajstić information content (AvgIpc) is 1.35. The molecule has 0 aliphatic heterocycles. The van der Waals surface area contributed by atoms with E-state index < -0.39 is 0 Å². The summed E-state index contributed by atoms with van der Waals surface area (Å²) in [5.74, 6) is 0. The highest BCUT2D eigenvalue weighted by Gasteiger charge is 1.67. The van der Waals surface area contributed by atoms with Gasteiger partial charge in [0.05, 0.1) is 0 Å². The van der Waals surface area contributed by atoms with Gasteiger partial charge in [-0.25, -0.2) is 0 Å². The molecule has 1 nitrogen and oxygen atoms in total. The second-order valence-corrected chi connectivity index (χ2v) is 1.64. The molecular formula is C2H5NS2. The highest BCUT2D eigenvalue weighted by Crippen LogP contribution is 1.69. The zero-order valence-electron chi connectivity index (χ0n) is 3.56. The lowest BCUT2D eigenvalue weighted by Crippen LogP contribution is -2.06. The van der Waals surface area contributed by atoms with Crippen LogP contribution >= 0.6 is 24.8 Å². The zero-order chi connectivity index (χ0) is 4.99. The molecular weight excluding hydrogens is 102 g/mol. The number of nitrogens with one attached hydrogen (secondary N) is 1. The van der Waals surface area contributed by atoms with Crippen LogP contribution in [0.15, 0.2) is 0 Å². The number of hydrogen-bond donors (Lipinski definition) is 2. The van der Waals surface area contributed by atoms with E-state index in [0.717, 1.165) is 0 Å². The van der Waals surface area contributed by atoms with Gasteiger partial charge in [0.2, 0.25) is 0 Å². The summed E-state index contributed by atoms with van der Waals surface area (Å²) < 4.78 is 6.87. The van der Waals surface area contributed by atoms with E-state index in [0.29, 0.717) is 4.32 Å². The van der Waals surface area contributed by atoms with Gasteiger partial charge < -0.3 is 5.32 Å². The predicted octanol–water partition coefficient (Wildman–Crippen LogP) is 0.420. The lowest BCUT2D eigenvalue weighted by atomic mass is 11.2. The largest absolute Gasteiger partial charge is 0.374 e. The van der Waals surface area contributed by atoms with Crippen molar-refractivity contribution in [1.29, 1.82) is 0 Å². The number of thiol groups is 1. The van der Waals surface area contributed by atoms with Gasteiger partial charge in [-0.15, -0.1) is 12.6 Å². The zero-order valence-corrected chi connectivity index (χ0v) is 4.27. The van der Waals surface area contributed by atoms with Gasteiger partial charge in [-0.05, 0) is 0 Å². The van der Waals surface area contributed by atoms with Gasteiger partial charge in [0.25, 0.3) is 0 Å². The Balaban J connectivity index is 2.83. The highest BCUT2D eigenvalue weighted by atomic mass is 32.1. The minimum absolute atomic E-state index is 0.113. The summed E-state index contributed by atoms with van der Waals surface area (Å²) in [5, 5.41) is 2.47. The van der Waals surface area contributed by atoms with Crippen molar-refractivity contribution in [2.45, 2.75) is 0 Å². The first-order chi connectivity index (χ1) is 2.77. The van der Waals surface area contributed by atoms with Crippen molar-refractivity contribution in [2.24, 2.45) is 0 Å². The van der Waals surface area contributed by atoms with Gasteiger partial charge in [-0.3, -0.25) is 0 Å². The van der Waals surface area contributed by atoms with Crippen molar-refractivity contribution < 1.29 is 1.37 Å². The second kappa shape index (κ2) is 2.48. The number of thiocarbonyl (C=S) groups is 1. The molecule has 0 bridgehead atoms. The third-order valence-electron chi connectivity index (χ3n) is 0.151. The molecule has 0 aromatic rings. The topological polar surface area (TPSA) is 12.0 Å². The van der Waals surface area contributed by atoms with E-state index in [-0.39, 0.29) is 7.02 Å². The normalized spacial score (nSPS) is 9.40. The van der Waals surface area contributed by atoms with E-state index in [1.807, 2.05) is 0 Å². The van der Waals surface area contributed by atoms with Gasteiger partial charge in [0.1, 0.15) is 4.32 Å². The van der Waals surface area contributed by atoms with E-state index >= 15 is 0 Å². The first-order valence-electron chi connectivity index (χ1n) is 1.74. The van der Waals surface area contributed by atoms with Gasteiger partial charge in [-0.2, -0.15) is 0 Å². The van der Waals surface area contributed by atoms with Crippen LogP contribution in [-0.2, 0) is 0 Å². The lowest BCUT2D eigenvalue weighted by molar-refractivity contribution is 1.23. The molecule has 0 aliphatic carbocycles. The van der Waals surface area contributed by atoms with E-state index in [1.165, 1.54) is 0 Å². The van der Waals surface area contributed by atoms with Gasteiger partial charge >= 0.3 is 0 Å². The van der Waals surface area contributed by atoms with Gasteiger partial charge in [0, 0.05) is 8.39 Å². The molecule has 0 rings (SSSR count). The molecule has 0 aromatic carbocycles. The molecule has 3 heteroatoms. The molecule has 0 aromatic heterocycles. The van der Waals surface area contributed by atoms with Crippen LogP contribution in [0.25, 0.3) is 0 Å². The Labute approximate surface area is 43.6 Å². The highest BCUT2D eigenvalue weighted by molar-refractivity contribution is 8.11. The first-order valence-corrected chi connectivity index (χ1v) is 1.89. The van der Waals surface area contributed by atoms with Crippen molar-refractivity contribution in [3.8, 4) is 0 Å². The van der Waals surface area contributed by atoms with Crippen molar-refractivity contribution >= 4 is 29.2 Å². The third kappa shape index (κ3) is 4.24. The maximum Gasteiger partial charge on any atom is 0.130 e. The summed E-state index contributed by atoms with van der Waals surface area (Å²) in [6.45, 7) is 0. The van der Waals surface area contributed by atoms with E-state index in [1.54, 1.807) is 0 Å².